The van der Waals surface area contributed by atoms with Crippen LogP contribution in [0.1, 0.15) is 7.06 Å². The molecule has 1 aromatic carbocycles. The average Bonchev–Trinajstić information content (AvgIpc) is 2.57. The number of para-hydroxylation sites is 1. The van der Waals surface area contributed by atoms with Gasteiger partial charge in [0.25, 0.3) is 0 Å². The minimum Gasteiger partial charge on any atom is -0.353 e. The largest absolute Gasteiger partial charge is 0.353 e. The van der Waals surface area contributed by atoms with Crippen molar-refractivity contribution in [3.63, 3.8) is 0 Å². The van der Waals surface area contributed by atoms with Gasteiger partial charge in [0.2, 0.25) is 0 Å². The summed E-state index contributed by atoms with van der Waals surface area (Å²) in [7, 11) is 0. The molecule has 2 nitrogen and oxygen atoms in total. The lowest BCUT2D eigenvalue weighted by atomic mass is 10.2. The van der Waals surface area contributed by atoms with Crippen LogP contribution in [0.3, 0.4) is 0 Å². The summed E-state index contributed by atoms with van der Waals surface area (Å²) in [6.45, 7) is 1.93. The Hall–Kier alpha value is -1.83. The van der Waals surface area contributed by atoms with E-state index in [2.05, 4.69) is 16.0 Å². The fourth-order valence-corrected chi connectivity index (χ4v) is 1.85. The minimum absolute atomic E-state index is 0.324. The van der Waals surface area contributed by atoms with E-state index in [1.54, 1.807) is 6.07 Å². The SMILES string of the molecule is [2H]c1cc2c([nH]c3ccccc32)c(C)n1. The number of hydrogen-bond acceptors (Lipinski definition) is 1. The van der Waals surface area contributed by atoms with Crippen LogP contribution in [0.25, 0.3) is 21.8 Å². The van der Waals surface area contributed by atoms with E-state index in [0.717, 1.165) is 27.5 Å². The maximum absolute atomic E-state index is 7.61. The molecule has 68 valence electrons. The van der Waals surface area contributed by atoms with Gasteiger partial charge in [-0.25, -0.2) is 0 Å². The van der Waals surface area contributed by atoms with Crippen molar-refractivity contribution in [1.82, 2.24) is 9.97 Å². The number of benzene rings is 1. The molecule has 2 heteroatoms. The summed E-state index contributed by atoms with van der Waals surface area (Å²) in [5.74, 6) is 0. The third kappa shape index (κ3) is 0.880. The van der Waals surface area contributed by atoms with Crippen molar-refractivity contribution in [1.29, 1.82) is 0 Å². The molecule has 0 aliphatic rings. The number of aryl methyl sites for hydroxylation is 1. The lowest BCUT2D eigenvalue weighted by Gasteiger charge is -1.92. The molecule has 0 spiro atoms. The number of aromatic amines is 1. The summed E-state index contributed by atoms with van der Waals surface area (Å²) in [4.78, 5) is 7.46. The first-order chi connectivity index (χ1) is 7.25. The molecule has 0 aliphatic heterocycles. The Balaban J connectivity index is 2.61. The molecular formula is C12H10N2. The number of H-pyrrole nitrogens is 1. The molecule has 0 saturated carbocycles. The Morgan fingerprint density at radius 2 is 2.07 bits per heavy atom. The van der Waals surface area contributed by atoms with Gasteiger partial charge in [-0.05, 0) is 19.1 Å². The van der Waals surface area contributed by atoms with Crippen LogP contribution < -0.4 is 0 Å². The summed E-state index contributed by atoms with van der Waals surface area (Å²) in [6, 6.07) is 9.92. The lowest BCUT2D eigenvalue weighted by Crippen LogP contribution is -1.79. The zero-order chi connectivity index (χ0) is 10.4. The Morgan fingerprint density at radius 1 is 1.21 bits per heavy atom. The van der Waals surface area contributed by atoms with Gasteiger partial charge in [0.05, 0.1) is 12.6 Å². The highest BCUT2D eigenvalue weighted by Gasteiger charge is 2.04. The van der Waals surface area contributed by atoms with Gasteiger partial charge in [0.1, 0.15) is 0 Å². The van der Waals surface area contributed by atoms with Crippen LogP contribution in [0.5, 0.6) is 0 Å². The quantitative estimate of drug-likeness (QED) is 0.570. The molecule has 0 fully saturated rings. The summed E-state index contributed by atoms with van der Waals surface area (Å²) in [5, 5.41) is 2.25. The van der Waals surface area contributed by atoms with Crippen LogP contribution in [0.15, 0.2) is 36.5 Å². The normalized spacial score (nSPS) is 12.2. The van der Waals surface area contributed by atoms with Crippen LogP contribution in [0, 0.1) is 6.92 Å². The summed E-state index contributed by atoms with van der Waals surface area (Å²) < 4.78 is 7.61. The van der Waals surface area contributed by atoms with Gasteiger partial charge >= 0.3 is 0 Å². The highest BCUT2D eigenvalue weighted by atomic mass is 14.8. The van der Waals surface area contributed by atoms with E-state index in [4.69, 9.17) is 1.37 Å². The first-order valence-corrected chi connectivity index (χ1v) is 4.60. The van der Waals surface area contributed by atoms with Gasteiger partial charge in [-0.1, -0.05) is 18.2 Å². The van der Waals surface area contributed by atoms with Crippen molar-refractivity contribution >= 4 is 21.8 Å². The van der Waals surface area contributed by atoms with Crippen molar-refractivity contribution in [2.45, 2.75) is 6.92 Å². The minimum atomic E-state index is 0.324. The number of hydrogen-bond donors (Lipinski definition) is 1. The van der Waals surface area contributed by atoms with Crippen molar-refractivity contribution in [2.75, 3.05) is 0 Å². The van der Waals surface area contributed by atoms with E-state index in [-0.39, 0.29) is 0 Å². The molecular weight excluding hydrogens is 172 g/mol. The number of nitrogens with zero attached hydrogens (tertiary/aromatic N) is 1. The molecule has 14 heavy (non-hydrogen) atoms. The van der Waals surface area contributed by atoms with E-state index >= 15 is 0 Å². The summed E-state index contributed by atoms with van der Waals surface area (Å²) >= 11 is 0. The number of fused-ring (bicyclic) bond motifs is 3. The topological polar surface area (TPSA) is 28.7 Å². The Labute approximate surface area is 83.0 Å². The highest BCUT2D eigenvalue weighted by Crippen LogP contribution is 2.25. The van der Waals surface area contributed by atoms with Gasteiger partial charge in [-0.2, -0.15) is 0 Å². The van der Waals surface area contributed by atoms with Crippen LogP contribution in [-0.4, -0.2) is 9.97 Å². The Kier molecular flexibility index (Phi) is 1.21. The van der Waals surface area contributed by atoms with Crippen molar-refractivity contribution in [2.24, 2.45) is 0 Å². The average molecular weight is 183 g/mol. The molecule has 3 rings (SSSR count). The third-order valence-electron chi connectivity index (χ3n) is 2.55. The van der Waals surface area contributed by atoms with Gasteiger partial charge in [0, 0.05) is 22.5 Å². The number of nitrogens with one attached hydrogen (secondary N) is 1. The molecule has 2 heterocycles. The summed E-state index contributed by atoms with van der Waals surface area (Å²) in [5.41, 5.74) is 3.02. The molecule has 0 amide bonds. The van der Waals surface area contributed by atoms with E-state index in [1.807, 2.05) is 25.1 Å². The van der Waals surface area contributed by atoms with Gasteiger partial charge < -0.3 is 4.98 Å². The first kappa shape index (κ1) is 6.60. The van der Waals surface area contributed by atoms with Crippen molar-refractivity contribution < 1.29 is 1.37 Å². The fourth-order valence-electron chi connectivity index (χ4n) is 1.85. The monoisotopic (exact) mass is 183 g/mol. The zero-order valence-corrected chi connectivity index (χ0v) is 7.83. The molecule has 0 radical (unpaired) electrons. The zero-order valence-electron chi connectivity index (χ0n) is 8.83. The first-order valence-electron chi connectivity index (χ1n) is 5.10. The molecule has 0 saturated heterocycles. The standard InChI is InChI=1S/C12H10N2/c1-8-12-10(6-7-13-8)9-4-2-3-5-11(9)14-12/h2-7,14H,1H3/i7D. The van der Waals surface area contributed by atoms with E-state index in [9.17, 15) is 0 Å². The molecule has 0 aliphatic carbocycles. The number of pyridine rings is 1. The second-order valence-electron chi connectivity index (χ2n) is 3.43. The molecule has 2 aromatic heterocycles. The van der Waals surface area contributed by atoms with E-state index in [0.29, 0.717) is 6.17 Å². The van der Waals surface area contributed by atoms with Crippen LogP contribution in [-0.2, 0) is 0 Å². The Bertz CT molecular complexity index is 655. The van der Waals surface area contributed by atoms with Crippen molar-refractivity contribution in [3.8, 4) is 0 Å². The molecule has 0 atom stereocenters. The van der Waals surface area contributed by atoms with Gasteiger partial charge in [0.15, 0.2) is 0 Å². The van der Waals surface area contributed by atoms with Crippen LogP contribution in [0.2, 0.25) is 0 Å². The van der Waals surface area contributed by atoms with Crippen LogP contribution in [0.4, 0.5) is 0 Å². The molecule has 3 aromatic rings. The molecule has 0 unspecified atom stereocenters. The third-order valence-corrected chi connectivity index (χ3v) is 2.55. The van der Waals surface area contributed by atoms with Crippen molar-refractivity contribution in [3.05, 3.63) is 42.2 Å². The maximum atomic E-state index is 7.61. The number of aromatic nitrogens is 2. The predicted octanol–water partition coefficient (Wildman–Crippen LogP) is 3.02. The summed E-state index contributed by atoms with van der Waals surface area (Å²) in [6.07, 6.45) is 0.324. The predicted molar refractivity (Wildman–Crippen MR) is 58.3 cm³/mol. The molecule has 0 bridgehead atoms. The van der Waals surface area contributed by atoms with Gasteiger partial charge in [-0.3, -0.25) is 4.98 Å². The van der Waals surface area contributed by atoms with E-state index < -0.39 is 0 Å². The number of rotatable bonds is 0. The second kappa shape index (κ2) is 2.58. The Morgan fingerprint density at radius 3 is 3.00 bits per heavy atom. The highest BCUT2D eigenvalue weighted by molar-refractivity contribution is 6.07. The van der Waals surface area contributed by atoms with E-state index in [1.165, 1.54) is 0 Å². The van der Waals surface area contributed by atoms with Crippen LogP contribution >= 0.6 is 0 Å². The maximum Gasteiger partial charge on any atom is 0.0840 e. The second-order valence-corrected chi connectivity index (χ2v) is 3.43. The fraction of sp³-hybridized carbons (Fsp3) is 0.0833. The van der Waals surface area contributed by atoms with Gasteiger partial charge in [-0.15, -0.1) is 0 Å². The smallest absolute Gasteiger partial charge is 0.0840 e. The lowest BCUT2D eigenvalue weighted by molar-refractivity contribution is 1.22. The molecule has 1 N–H and O–H groups in total.